The first-order chi connectivity index (χ1) is 10.3. The maximum absolute atomic E-state index is 9.26. The van der Waals surface area contributed by atoms with E-state index in [9.17, 15) is 5.26 Å². The van der Waals surface area contributed by atoms with Gasteiger partial charge in [-0.05, 0) is 42.0 Å². The normalized spacial score (nSPS) is 10.5. The number of furan rings is 1. The molecule has 0 fully saturated rings. The van der Waals surface area contributed by atoms with E-state index >= 15 is 0 Å². The van der Waals surface area contributed by atoms with Crippen molar-refractivity contribution in [1.82, 2.24) is 4.57 Å². The molecule has 104 valence electrons. The van der Waals surface area contributed by atoms with Crippen LogP contribution in [0.4, 0.5) is 0 Å². The first-order valence-electron chi connectivity index (χ1n) is 6.61. The Balaban J connectivity index is 1.90. The summed E-state index contributed by atoms with van der Waals surface area (Å²) >= 11 is 5.91. The number of nitrogens with zero attached hydrogens (tertiary/aromatic N) is 2. The third-order valence-corrected chi connectivity index (χ3v) is 3.63. The Kier molecular flexibility index (Phi) is 3.81. The van der Waals surface area contributed by atoms with Gasteiger partial charge in [0.1, 0.15) is 17.5 Å². The molecule has 0 saturated heterocycles. The summed E-state index contributed by atoms with van der Waals surface area (Å²) in [6.45, 7) is 0.642. The fourth-order valence-electron chi connectivity index (χ4n) is 2.31. The number of hydrogen-bond acceptors (Lipinski definition) is 2. The Bertz CT molecular complexity index is 764. The van der Waals surface area contributed by atoms with Crippen LogP contribution >= 0.6 is 11.6 Å². The van der Waals surface area contributed by atoms with Crippen LogP contribution in [-0.4, -0.2) is 4.57 Å². The van der Waals surface area contributed by atoms with Gasteiger partial charge in [-0.15, -0.1) is 0 Å². The SMILES string of the molecule is N#Cc1ccc(Cc2ccco2)n1Cc1ccc(Cl)cc1. The molecule has 21 heavy (non-hydrogen) atoms. The quantitative estimate of drug-likeness (QED) is 0.722. The lowest BCUT2D eigenvalue weighted by Gasteiger charge is -2.10. The van der Waals surface area contributed by atoms with Gasteiger partial charge in [0.15, 0.2) is 0 Å². The van der Waals surface area contributed by atoms with Crippen molar-refractivity contribution in [3.05, 3.63) is 82.5 Å². The second-order valence-electron chi connectivity index (χ2n) is 4.79. The predicted octanol–water partition coefficient (Wildman–Crippen LogP) is 4.25. The molecule has 0 atom stereocenters. The van der Waals surface area contributed by atoms with E-state index in [1.54, 1.807) is 6.26 Å². The zero-order valence-corrected chi connectivity index (χ0v) is 12.0. The smallest absolute Gasteiger partial charge is 0.120 e. The molecule has 4 heteroatoms. The van der Waals surface area contributed by atoms with Gasteiger partial charge < -0.3 is 8.98 Å². The minimum Gasteiger partial charge on any atom is -0.469 e. The van der Waals surface area contributed by atoms with Crippen molar-refractivity contribution in [2.24, 2.45) is 0 Å². The van der Waals surface area contributed by atoms with Gasteiger partial charge in [-0.1, -0.05) is 23.7 Å². The molecule has 3 aromatic rings. The van der Waals surface area contributed by atoms with Gasteiger partial charge >= 0.3 is 0 Å². The van der Waals surface area contributed by atoms with Crippen molar-refractivity contribution < 1.29 is 4.42 Å². The van der Waals surface area contributed by atoms with Crippen molar-refractivity contribution in [2.75, 3.05) is 0 Å². The van der Waals surface area contributed by atoms with Gasteiger partial charge in [-0.3, -0.25) is 0 Å². The molecular weight excluding hydrogens is 284 g/mol. The largest absolute Gasteiger partial charge is 0.469 e. The molecule has 2 aromatic heterocycles. The molecule has 0 bridgehead atoms. The summed E-state index contributed by atoms with van der Waals surface area (Å²) in [4.78, 5) is 0. The average molecular weight is 297 g/mol. The van der Waals surface area contributed by atoms with Crippen LogP contribution in [0.3, 0.4) is 0 Å². The zero-order valence-electron chi connectivity index (χ0n) is 11.3. The Labute approximate surface area is 128 Å². The zero-order chi connectivity index (χ0) is 14.7. The van der Waals surface area contributed by atoms with E-state index in [0.717, 1.165) is 17.0 Å². The van der Waals surface area contributed by atoms with Crippen LogP contribution in [0, 0.1) is 11.3 Å². The molecule has 0 amide bonds. The molecule has 1 aromatic carbocycles. The topological polar surface area (TPSA) is 41.9 Å². The molecule has 3 rings (SSSR count). The van der Waals surface area contributed by atoms with Gasteiger partial charge in [0.05, 0.1) is 6.26 Å². The number of aromatic nitrogens is 1. The summed E-state index contributed by atoms with van der Waals surface area (Å²) in [5, 5.41) is 9.98. The Morgan fingerprint density at radius 2 is 1.90 bits per heavy atom. The van der Waals surface area contributed by atoms with Crippen molar-refractivity contribution in [1.29, 1.82) is 5.26 Å². The maximum Gasteiger partial charge on any atom is 0.120 e. The van der Waals surface area contributed by atoms with Crippen LogP contribution in [0.1, 0.15) is 22.7 Å². The molecule has 0 aliphatic carbocycles. The van der Waals surface area contributed by atoms with E-state index in [-0.39, 0.29) is 0 Å². The van der Waals surface area contributed by atoms with E-state index in [4.69, 9.17) is 16.0 Å². The number of hydrogen-bond donors (Lipinski definition) is 0. The van der Waals surface area contributed by atoms with Crippen LogP contribution in [0.5, 0.6) is 0 Å². The molecule has 0 spiro atoms. The summed E-state index contributed by atoms with van der Waals surface area (Å²) in [5.74, 6) is 0.884. The summed E-state index contributed by atoms with van der Waals surface area (Å²) < 4.78 is 7.39. The maximum atomic E-state index is 9.26. The second kappa shape index (κ2) is 5.90. The first-order valence-corrected chi connectivity index (χ1v) is 6.99. The lowest BCUT2D eigenvalue weighted by molar-refractivity contribution is 0.515. The van der Waals surface area contributed by atoms with Gasteiger partial charge in [-0.25, -0.2) is 0 Å². The van der Waals surface area contributed by atoms with E-state index in [2.05, 4.69) is 6.07 Å². The van der Waals surface area contributed by atoms with Crippen LogP contribution in [-0.2, 0) is 13.0 Å². The standard InChI is InChI=1S/C17H13ClN2O/c18-14-5-3-13(4-6-14)12-20-15(7-8-16(20)11-19)10-17-2-1-9-21-17/h1-9H,10,12H2. The minimum absolute atomic E-state index is 0.642. The molecule has 0 radical (unpaired) electrons. The predicted molar refractivity (Wildman–Crippen MR) is 81.2 cm³/mol. The number of rotatable bonds is 4. The first kappa shape index (κ1) is 13.5. The lowest BCUT2D eigenvalue weighted by atomic mass is 10.2. The second-order valence-corrected chi connectivity index (χ2v) is 5.23. The van der Waals surface area contributed by atoms with Crippen molar-refractivity contribution in [3.63, 3.8) is 0 Å². The van der Waals surface area contributed by atoms with Gasteiger partial charge in [0, 0.05) is 23.7 Å². The fraction of sp³-hybridized carbons (Fsp3) is 0.118. The van der Waals surface area contributed by atoms with Crippen LogP contribution in [0.25, 0.3) is 0 Å². The summed E-state index contributed by atoms with van der Waals surface area (Å²) in [7, 11) is 0. The molecule has 2 heterocycles. The number of nitriles is 1. The molecule has 3 nitrogen and oxygen atoms in total. The van der Waals surface area contributed by atoms with Crippen LogP contribution in [0.15, 0.2) is 59.2 Å². The monoisotopic (exact) mass is 296 g/mol. The Morgan fingerprint density at radius 1 is 1.10 bits per heavy atom. The van der Waals surface area contributed by atoms with Crippen LogP contribution in [0.2, 0.25) is 5.02 Å². The van der Waals surface area contributed by atoms with Crippen molar-refractivity contribution in [2.45, 2.75) is 13.0 Å². The average Bonchev–Trinajstić information content (AvgIpc) is 3.13. The van der Waals surface area contributed by atoms with Crippen LogP contribution < -0.4 is 0 Å². The van der Waals surface area contributed by atoms with E-state index < -0.39 is 0 Å². The van der Waals surface area contributed by atoms with Gasteiger partial charge in [0.25, 0.3) is 0 Å². The highest BCUT2D eigenvalue weighted by Gasteiger charge is 2.10. The Hall–Kier alpha value is -2.44. The highest BCUT2D eigenvalue weighted by Crippen LogP contribution is 2.17. The lowest BCUT2D eigenvalue weighted by Crippen LogP contribution is -2.07. The highest BCUT2D eigenvalue weighted by molar-refractivity contribution is 6.30. The van der Waals surface area contributed by atoms with E-state index in [1.165, 1.54) is 0 Å². The highest BCUT2D eigenvalue weighted by atomic mass is 35.5. The van der Waals surface area contributed by atoms with Crippen molar-refractivity contribution >= 4 is 11.6 Å². The minimum atomic E-state index is 0.642. The molecule has 0 saturated carbocycles. The van der Waals surface area contributed by atoms with Gasteiger partial charge in [0.2, 0.25) is 0 Å². The third-order valence-electron chi connectivity index (χ3n) is 3.38. The molecule has 0 unspecified atom stereocenters. The molecule has 0 aliphatic heterocycles. The van der Waals surface area contributed by atoms with E-state index in [1.807, 2.05) is 53.1 Å². The Morgan fingerprint density at radius 3 is 2.57 bits per heavy atom. The van der Waals surface area contributed by atoms with Crippen molar-refractivity contribution in [3.8, 4) is 6.07 Å². The van der Waals surface area contributed by atoms with Gasteiger partial charge in [-0.2, -0.15) is 5.26 Å². The third kappa shape index (κ3) is 3.01. The number of halogens is 1. The summed E-state index contributed by atoms with van der Waals surface area (Å²) in [5.41, 5.74) is 2.80. The van der Waals surface area contributed by atoms with E-state index in [0.29, 0.717) is 23.7 Å². The fourth-order valence-corrected chi connectivity index (χ4v) is 2.44. The summed E-state index contributed by atoms with van der Waals surface area (Å²) in [6, 6.07) is 17.5. The molecular formula is C17H13ClN2O. The molecule has 0 aliphatic rings. The molecule has 0 N–H and O–H groups in total. The summed E-state index contributed by atoms with van der Waals surface area (Å²) in [6.07, 6.45) is 2.33. The number of benzene rings is 1.